The van der Waals surface area contributed by atoms with Gasteiger partial charge in [0.05, 0.1) is 17.2 Å². The van der Waals surface area contributed by atoms with Crippen LogP contribution in [0.5, 0.6) is 0 Å². The average molecular weight is 343 g/mol. The molecule has 0 aromatic heterocycles. The van der Waals surface area contributed by atoms with E-state index < -0.39 is 4.92 Å². The first-order valence-corrected chi connectivity index (χ1v) is 7.30. The molecule has 128 valence electrons. The summed E-state index contributed by atoms with van der Waals surface area (Å²) in [5.41, 5.74) is 7.08. The second kappa shape index (κ2) is 7.72. The van der Waals surface area contributed by atoms with Gasteiger partial charge in [-0.1, -0.05) is 13.0 Å². The average Bonchev–Trinajstić information content (AvgIpc) is 2.83. The molecule has 3 N–H and O–H groups in total. The van der Waals surface area contributed by atoms with E-state index in [0.29, 0.717) is 12.2 Å². The Bertz CT molecular complexity index is 596. The summed E-state index contributed by atoms with van der Waals surface area (Å²) in [6, 6.07) is 4.45. The van der Waals surface area contributed by atoms with Crippen molar-refractivity contribution in [3.8, 4) is 0 Å². The van der Waals surface area contributed by atoms with Crippen LogP contribution in [0.15, 0.2) is 18.2 Å². The van der Waals surface area contributed by atoms with E-state index in [1.807, 2.05) is 0 Å². The maximum atomic E-state index is 12.1. The fraction of sp³-hybridized carbons (Fsp3) is 0.533. The number of nitro benzene ring substituents is 1. The molecule has 0 saturated carbocycles. The largest absolute Gasteiger partial charge is 0.330 e. The van der Waals surface area contributed by atoms with E-state index in [4.69, 9.17) is 5.73 Å². The number of amides is 1. The second-order valence-electron chi connectivity index (χ2n) is 6.28. The van der Waals surface area contributed by atoms with Crippen molar-refractivity contribution in [2.45, 2.75) is 20.3 Å². The minimum Gasteiger partial charge on any atom is -0.330 e. The summed E-state index contributed by atoms with van der Waals surface area (Å²) in [5, 5.41) is 13.6. The quantitative estimate of drug-likeness (QED) is 0.629. The fourth-order valence-electron chi connectivity index (χ4n) is 2.68. The number of halogens is 1. The highest BCUT2D eigenvalue weighted by Crippen LogP contribution is 2.28. The highest BCUT2D eigenvalue weighted by molar-refractivity contribution is 5.93. The predicted octanol–water partition coefficient (Wildman–Crippen LogP) is 1.93. The molecular weight excluding hydrogens is 320 g/mol. The first-order chi connectivity index (χ1) is 10.3. The van der Waals surface area contributed by atoms with E-state index in [1.54, 1.807) is 13.0 Å². The molecule has 2 rings (SSSR count). The Morgan fingerprint density at radius 1 is 1.52 bits per heavy atom. The minimum atomic E-state index is -0.470. The van der Waals surface area contributed by atoms with Gasteiger partial charge in [0.15, 0.2) is 0 Å². The van der Waals surface area contributed by atoms with Crippen molar-refractivity contribution in [2.75, 3.05) is 31.5 Å². The smallest absolute Gasteiger partial charge is 0.271 e. The van der Waals surface area contributed by atoms with Crippen LogP contribution in [0.4, 0.5) is 11.4 Å². The first kappa shape index (κ1) is 19.3. The SMILES string of the molecule is Cc1ccc([N+](=O)[O-])cc1NC(=O)CN1CCC(C)(CN)C1.Cl. The maximum Gasteiger partial charge on any atom is 0.271 e. The van der Waals surface area contributed by atoms with E-state index in [1.165, 1.54) is 12.1 Å². The molecule has 1 heterocycles. The standard InChI is InChI=1S/C15H22N4O3.ClH/c1-11-3-4-12(19(21)22)7-13(11)17-14(20)8-18-6-5-15(2,9-16)10-18;/h3-4,7H,5-6,8-10,16H2,1-2H3,(H,17,20);1H. The topological polar surface area (TPSA) is 102 Å². The summed E-state index contributed by atoms with van der Waals surface area (Å²) in [6.07, 6.45) is 0.979. The number of nitrogens with two attached hydrogens (primary N) is 1. The molecule has 1 atom stereocenters. The molecule has 1 aromatic carbocycles. The number of nitrogens with one attached hydrogen (secondary N) is 1. The summed E-state index contributed by atoms with van der Waals surface area (Å²) in [4.78, 5) is 24.5. The van der Waals surface area contributed by atoms with Crippen molar-refractivity contribution in [3.63, 3.8) is 0 Å². The van der Waals surface area contributed by atoms with Gasteiger partial charge in [0.1, 0.15) is 0 Å². The number of nitrogens with zero attached hydrogens (tertiary/aromatic N) is 2. The van der Waals surface area contributed by atoms with Gasteiger partial charge < -0.3 is 11.1 Å². The van der Waals surface area contributed by atoms with Crippen molar-refractivity contribution in [1.82, 2.24) is 4.90 Å². The van der Waals surface area contributed by atoms with Gasteiger partial charge >= 0.3 is 0 Å². The number of anilines is 1. The van der Waals surface area contributed by atoms with Gasteiger partial charge in [-0.3, -0.25) is 19.8 Å². The van der Waals surface area contributed by atoms with E-state index in [2.05, 4.69) is 17.1 Å². The highest BCUT2D eigenvalue weighted by Gasteiger charge is 2.33. The van der Waals surface area contributed by atoms with Gasteiger partial charge in [0, 0.05) is 18.7 Å². The second-order valence-corrected chi connectivity index (χ2v) is 6.28. The lowest BCUT2D eigenvalue weighted by Crippen LogP contribution is -2.35. The number of carbonyl (C=O) groups is 1. The van der Waals surface area contributed by atoms with Gasteiger partial charge in [-0.05, 0) is 37.4 Å². The molecule has 0 aliphatic carbocycles. The molecule has 0 bridgehead atoms. The predicted molar refractivity (Wildman–Crippen MR) is 91.9 cm³/mol. The summed E-state index contributed by atoms with van der Waals surface area (Å²) in [5.74, 6) is -0.162. The van der Waals surface area contributed by atoms with Crippen molar-refractivity contribution >= 4 is 29.7 Å². The molecule has 1 saturated heterocycles. The summed E-state index contributed by atoms with van der Waals surface area (Å²) in [7, 11) is 0. The Morgan fingerprint density at radius 3 is 2.78 bits per heavy atom. The van der Waals surface area contributed by atoms with Crippen molar-refractivity contribution in [1.29, 1.82) is 0 Å². The van der Waals surface area contributed by atoms with Crippen molar-refractivity contribution in [2.24, 2.45) is 11.1 Å². The van der Waals surface area contributed by atoms with Crippen LogP contribution in [0.2, 0.25) is 0 Å². The Kier molecular flexibility index (Phi) is 6.49. The number of non-ortho nitro benzene ring substituents is 1. The normalized spacial score (nSPS) is 20.8. The molecular formula is C15H23ClN4O3. The van der Waals surface area contributed by atoms with Crippen LogP contribution in [-0.4, -0.2) is 41.9 Å². The van der Waals surface area contributed by atoms with Crippen LogP contribution in [0.3, 0.4) is 0 Å². The zero-order valence-corrected chi connectivity index (χ0v) is 14.2. The van der Waals surface area contributed by atoms with E-state index >= 15 is 0 Å². The third-order valence-electron chi connectivity index (χ3n) is 4.20. The molecule has 7 nitrogen and oxygen atoms in total. The van der Waals surface area contributed by atoms with Crippen molar-refractivity contribution in [3.05, 3.63) is 33.9 Å². The molecule has 1 aliphatic heterocycles. The molecule has 1 aromatic rings. The molecule has 0 spiro atoms. The molecule has 8 heteroatoms. The molecule has 1 fully saturated rings. The zero-order valence-electron chi connectivity index (χ0n) is 13.4. The Balaban J connectivity index is 0.00000264. The number of likely N-dealkylation sites (tertiary alicyclic amines) is 1. The highest BCUT2D eigenvalue weighted by atomic mass is 35.5. The lowest BCUT2D eigenvalue weighted by molar-refractivity contribution is -0.384. The molecule has 23 heavy (non-hydrogen) atoms. The van der Waals surface area contributed by atoms with Crippen LogP contribution in [0, 0.1) is 22.5 Å². The van der Waals surface area contributed by atoms with Crippen molar-refractivity contribution < 1.29 is 9.72 Å². The minimum absolute atomic E-state index is 0. The van der Waals surface area contributed by atoms with Crippen LogP contribution in [0.25, 0.3) is 0 Å². The Hall–Kier alpha value is -1.70. The van der Waals surface area contributed by atoms with Gasteiger partial charge in [-0.2, -0.15) is 0 Å². The van der Waals surface area contributed by atoms with Gasteiger partial charge in [-0.25, -0.2) is 0 Å². The number of benzene rings is 1. The monoisotopic (exact) mass is 342 g/mol. The fourth-order valence-corrected chi connectivity index (χ4v) is 2.68. The van der Waals surface area contributed by atoms with Gasteiger partial charge in [0.2, 0.25) is 5.91 Å². The van der Waals surface area contributed by atoms with E-state index in [0.717, 1.165) is 25.1 Å². The number of aryl methyl sites for hydroxylation is 1. The molecule has 1 aliphatic rings. The Labute approximate surface area is 141 Å². The Morgan fingerprint density at radius 2 is 2.22 bits per heavy atom. The van der Waals surface area contributed by atoms with Crippen LogP contribution in [0.1, 0.15) is 18.9 Å². The summed E-state index contributed by atoms with van der Waals surface area (Å²) < 4.78 is 0. The molecule has 1 amide bonds. The molecule has 1 unspecified atom stereocenters. The lowest BCUT2D eigenvalue weighted by atomic mass is 9.90. The van der Waals surface area contributed by atoms with Gasteiger partial charge in [-0.15, -0.1) is 12.4 Å². The maximum absolute atomic E-state index is 12.1. The molecule has 0 radical (unpaired) electrons. The number of hydrogen-bond acceptors (Lipinski definition) is 5. The summed E-state index contributed by atoms with van der Waals surface area (Å²) in [6.45, 7) is 6.45. The number of rotatable bonds is 5. The van der Waals surface area contributed by atoms with Gasteiger partial charge in [0.25, 0.3) is 5.69 Å². The summed E-state index contributed by atoms with van der Waals surface area (Å²) >= 11 is 0. The van der Waals surface area contributed by atoms with Crippen LogP contribution in [-0.2, 0) is 4.79 Å². The third kappa shape index (κ3) is 4.89. The number of carbonyl (C=O) groups excluding carboxylic acids is 1. The van der Waals surface area contributed by atoms with E-state index in [-0.39, 0.29) is 36.0 Å². The number of nitro groups is 1. The third-order valence-corrected chi connectivity index (χ3v) is 4.20. The number of hydrogen-bond donors (Lipinski definition) is 2. The first-order valence-electron chi connectivity index (χ1n) is 7.30. The van der Waals surface area contributed by atoms with Crippen LogP contribution < -0.4 is 11.1 Å². The lowest BCUT2D eigenvalue weighted by Gasteiger charge is -2.22. The van der Waals surface area contributed by atoms with E-state index in [9.17, 15) is 14.9 Å². The van der Waals surface area contributed by atoms with Crippen LogP contribution >= 0.6 is 12.4 Å². The zero-order chi connectivity index (χ0) is 16.3.